The average molecular weight is 268 g/mol. The van der Waals surface area contributed by atoms with E-state index in [0.29, 0.717) is 25.6 Å². The summed E-state index contributed by atoms with van der Waals surface area (Å²) in [5.74, 6) is 0.318. The van der Waals surface area contributed by atoms with Gasteiger partial charge in [-0.1, -0.05) is 19.8 Å². The number of hydrogen-bond acceptors (Lipinski definition) is 4. The highest BCUT2D eigenvalue weighted by molar-refractivity contribution is 6.04. The van der Waals surface area contributed by atoms with Crippen LogP contribution in [0.1, 0.15) is 46.0 Å². The highest BCUT2D eigenvalue weighted by Gasteiger charge is 2.54. The minimum Gasteiger partial charge on any atom is -0.465 e. The summed E-state index contributed by atoms with van der Waals surface area (Å²) in [6.45, 7) is 4.93. The van der Waals surface area contributed by atoms with Gasteiger partial charge in [-0.25, -0.2) is 0 Å². The second-order valence-corrected chi connectivity index (χ2v) is 5.89. The molecule has 1 saturated heterocycles. The second kappa shape index (κ2) is 6.04. The molecule has 1 aliphatic carbocycles. The molecule has 3 atom stereocenters. The van der Waals surface area contributed by atoms with Crippen LogP contribution in [0.4, 0.5) is 0 Å². The molecule has 2 fully saturated rings. The quantitative estimate of drug-likeness (QED) is 0.582. The Bertz CT molecular complexity index is 352. The van der Waals surface area contributed by atoms with Crippen molar-refractivity contribution in [3.8, 4) is 0 Å². The number of ketones is 1. The standard InChI is InChI=1S/C15H24O4/c1-3-19-14(17)15(10-18-8-7-13(15)16)12-6-4-5-11(2)9-12/h11-12H,3-10H2,1-2H3. The molecule has 4 nitrogen and oxygen atoms in total. The molecule has 0 radical (unpaired) electrons. The van der Waals surface area contributed by atoms with Crippen LogP contribution in [0.5, 0.6) is 0 Å². The van der Waals surface area contributed by atoms with Gasteiger partial charge in [-0.2, -0.15) is 0 Å². The third-order valence-corrected chi connectivity index (χ3v) is 4.57. The smallest absolute Gasteiger partial charge is 0.322 e. The number of rotatable bonds is 3. The van der Waals surface area contributed by atoms with Crippen molar-refractivity contribution in [1.29, 1.82) is 0 Å². The van der Waals surface area contributed by atoms with Crippen LogP contribution < -0.4 is 0 Å². The van der Waals surface area contributed by atoms with Crippen molar-refractivity contribution in [2.75, 3.05) is 19.8 Å². The zero-order chi connectivity index (χ0) is 13.9. The van der Waals surface area contributed by atoms with Crippen LogP contribution in [-0.2, 0) is 19.1 Å². The van der Waals surface area contributed by atoms with Crippen LogP contribution in [0.25, 0.3) is 0 Å². The first-order chi connectivity index (χ1) is 9.11. The summed E-state index contributed by atoms with van der Waals surface area (Å²) < 4.78 is 10.7. The maximum Gasteiger partial charge on any atom is 0.322 e. The number of hydrogen-bond donors (Lipinski definition) is 0. The first kappa shape index (κ1) is 14.5. The van der Waals surface area contributed by atoms with E-state index in [1.807, 2.05) is 0 Å². The van der Waals surface area contributed by atoms with E-state index < -0.39 is 5.41 Å². The highest BCUT2D eigenvalue weighted by Crippen LogP contribution is 2.44. The lowest BCUT2D eigenvalue weighted by molar-refractivity contribution is -0.176. The Morgan fingerprint density at radius 3 is 2.89 bits per heavy atom. The third kappa shape index (κ3) is 2.69. The Balaban J connectivity index is 2.27. The summed E-state index contributed by atoms with van der Waals surface area (Å²) >= 11 is 0. The Kier molecular flexibility index (Phi) is 4.61. The highest BCUT2D eigenvalue weighted by atomic mass is 16.5. The molecule has 0 spiro atoms. The molecular formula is C15H24O4. The number of esters is 1. The lowest BCUT2D eigenvalue weighted by Gasteiger charge is -2.42. The Labute approximate surface area is 114 Å². The van der Waals surface area contributed by atoms with Gasteiger partial charge in [-0.05, 0) is 31.6 Å². The van der Waals surface area contributed by atoms with Gasteiger partial charge in [-0.3, -0.25) is 9.59 Å². The molecule has 19 heavy (non-hydrogen) atoms. The minimum atomic E-state index is -1.02. The van der Waals surface area contributed by atoms with Crippen molar-refractivity contribution < 1.29 is 19.1 Å². The maximum atomic E-state index is 12.5. The van der Waals surface area contributed by atoms with Crippen LogP contribution in [-0.4, -0.2) is 31.6 Å². The van der Waals surface area contributed by atoms with E-state index in [0.717, 1.165) is 19.3 Å². The summed E-state index contributed by atoms with van der Waals surface area (Å²) in [6, 6.07) is 0. The monoisotopic (exact) mass is 268 g/mol. The van der Waals surface area contributed by atoms with Crippen molar-refractivity contribution in [3.63, 3.8) is 0 Å². The summed E-state index contributed by atoms with van der Waals surface area (Å²) in [6.07, 6.45) is 4.46. The fourth-order valence-electron chi connectivity index (χ4n) is 3.53. The molecular weight excluding hydrogens is 244 g/mol. The normalized spacial score (nSPS) is 36.0. The molecule has 0 N–H and O–H groups in total. The van der Waals surface area contributed by atoms with Gasteiger partial charge >= 0.3 is 5.97 Å². The van der Waals surface area contributed by atoms with Gasteiger partial charge in [0.25, 0.3) is 0 Å². The first-order valence-corrected chi connectivity index (χ1v) is 7.39. The van der Waals surface area contributed by atoms with Gasteiger partial charge in [-0.15, -0.1) is 0 Å². The van der Waals surface area contributed by atoms with Crippen molar-refractivity contribution in [1.82, 2.24) is 0 Å². The molecule has 1 heterocycles. The third-order valence-electron chi connectivity index (χ3n) is 4.57. The van der Waals surface area contributed by atoms with E-state index in [2.05, 4.69) is 6.92 Å². The van der Waals surface area contributed by atoms with Crippen molar-refractivity contribution in [2.24, 2.45) is 17.3 Å². The number of carbonyl (C=O) groups excluding carboxylic acids is 2. The minimum absolute atomic E-state index is 0.0244. The van der Waals surface area contributed by atoms with Crippen molar-refractivity contribution in [2.45, 2.75) is 46.0 Å². The number of Topliss-reactive ketones (excluding diaryl/α,β-unsaturated/α-hetero) is 1. The molecule has 2 aliphatic rings. The van der Waals surface area contributed by atoms with Crippen LogP contribution in [0.3, 0.4) is 0 Å². The molecule has 0 amide bonds. The molecule has 4 heteroatoms. The van der Waals surface area contributed by atoms with Crippen LogP contribution in [0.2, 0.25) is 0 Å². The zero-order valence-electron chi connectivity index (χ0n) is 11.9. The molecule has 1 saturated carbocycles. The topological polar surface area (TPSA) is 52.6 Å². The summed E-state index contributed by atoms with van der Waals surface area (Å²) in [5.41, 5.74) is -1.02. The molecule has 1 aliphatic heterocycles. The lowest BCUT2D eigenvalue weighted by Crippen LogP contribution is -2.54. The zero-order valence-corrected chi connectivity index (χ0v) is 11.9. The molecule has 3 unspecified atom stereocenters. The molecule has 0 aromatic rings. The van der Waals surface area contributed by atoms with Crippen molar-refractivity contribution in [3.05, 3.63) is 0 Å². The first-order valence-electron chi connectivity index (χ1n) is 7.39. The molecule has 108 valence electrons. The maximum absolute atomic E-state index is 12.5. The predicted molar refractivity (Wildman–Crippen MR) is 70.6 cm³/mol. The summed E-state index contributed by atoms with van der Waals surface area (Å²) in [5, 5.41) is 0. The van der Waals surface area contributed by atoms with Gasteiger partial charge in [0, 0.05) is 6.42 Å². The van der Waals surface area contributed by atoms with Gasteiger partial charge in [0.2, 0.25) is 0 Å². The molecule has 0 bridgehead atoms. The fraction of sp³-hybridized carbons (Fsp3) is 0.867. The number of ether oxygens (including phenoxy) is 2. The largest absolute Gasteiger partial charge is 0.465 e. The Morgan fingerprint density at radius 2 is 2.26 bits per heavy atom. The van der Waals surface area contributed by atoms with E-state index in [-0.39, 0.29) is 24.3 Å². The van der Waals surface area contributed by atoms with E-state index in [4.69, 9.17) is 9.47 Å². The predicted octanol–water partition coefficient (Wildman–Crippen LogP) is 2.35. The Hall–Kier alpha value is -0.900. The SMILES string of the molecule is CCOC(=O)C1(C2CCCC(C)C2)COCCC1=O. The van der Waals surface area contributed by atoms with E-state index >= 15 is 0 Å². The van der Waals surface area contributed by atoms with Gasteiger partial charge in [0.1, 0.15) is 0 Å². The second-order valence-electron chi connectivity index (χ2n) is 5.89. The van der Waals surface area contributed by atoms with E-state index in [9.17, 15) is 9.59 Å². The van der Waals surface area contributed by atoms with Gasteiger partial charge < -0.3 is 9.47 Å². The van der Waals surface area contributed by atoms with E-state index in [1.165, 1.54) is 6.42 Å². The van der Waals surface area contributed by atoms with Crippen molar-refractivity contribution >= 4 is 11.8 Å². The van der Waals surface area contributed by atoms with Gasteiger partial charge in [0.05, 0.1) is 19.8 Å². The number of carbonyl (C=O) groups is 2. The molecule has 0 aromatic carbocycles. The Morgan fingerprint density at radius 1 is 1.47 bits per heavy atom. The summed E-state index contributed by atoms with van der Waals surface area (Å²) in [4.78, 5) is 24.9. The molecule has 2 rings (SSSR count). The van der Waals surface area contributed by atoms with Gasteiger partial charge in [0.15, 0.2) is 11.2 Å². The summed E-state index contributed by atoms with van der Waals surface area (Å²) in [7, 11) is 0. The lowest BCUT2D eigenvalue weighted by atomic mass is 9.63. The van der Waals surface area contributed by atoms with E-state index in [1.54, 1.807) is 6.92 Å². The fourth-order valence-corrected chi connectivity index (χ4v) is 3.53. The van der Waals surface area contributed by atoms with Crippen LogP contribution >= 0.6 is 0 Å². The average Bonchev–Trinajstić information content (AvgIpc) is 2.39. The van der Waals surface area contributed by atoms with Crippen LogP contribution in [0, 0.1) is 17.3 Å². The van der Waals surface area contributed by atoms with Crippen LogP contribution in [0.15, 0.2) is 0 Å². The molecule has 0 aromatic heterocycles.